The SMILES string of the molecule is CCCOc1cccnc1N1CCCCC1CNC(C)C. The van der Waals surface area contributed by atoms with Crippen LogP contribution in [0.15, 0.2) is 18.3 Å². The first-order valence-corrected chi connectivity index (χ1v) is 8.30. The summed E-state index contributed by atoms with van der Waals surface area (Å²) >= 11 is 0. The molecule has 1 aliphatic rings. The summed E-state index contributed by atoms with van der Waals surface area (Å²) in [6.07, 6.45) is 6.66. The summed E-state index contributed by atoms with van der Waals surface area (Å²) in [6, 6.07) is 5.03. The summed E-state index contributed by atoms with van der Waals surface area (Å²) in [5.74, 6) is 1.94. The van der Waals surface area contributed by atoms with Crippen molar-refractivity contribution in [1.29, 1.82) is 0 Å². The van der Waals surface area contributed by atoms with Gasteiger partial charge in [0.05, 0.1) is 6.61 Å². The van der Waals surface area contributed by atoms with Crippen LogP contribution >= 0.6 is 0 Å². The van der Waals surface area contributed by atoms with E-state index in [1.54, 1.807) is 0 Å². The van der Waals surface area contributed by atoms with Gasteiger partial charge in [0.2, 0.25) is 0 Å². The number of rotatable bonds is 7. The van der Waals surface area contributed by atoms with Crippen molar-refractivity contribution in [1.82, 2.24) is 10.3 Å². The Kier molecular flexibility index (Phi) is 6.30. The molecule has 2 heterocycles. The molecule has 1 saturated heterocycles. The number of nitrogens with one attached hydrogen (secondary N) is 1. The molecule has 0 bridgehead atoms. The molecule has 0 spiro atoms. The molecule has 1 unspecified atom stereocenters. The van der Waals surface area contributed by atoms with Crippen LogP contribution in [-0.4, -0.2) is 36.8 Å². The second-order valence-electron chi connectivity index (χ2n) is 6.08. The van der Waals surface area contributed by atoms with E-state index in [9.17, 15) is 0 Å². The first kappa shape index (κ1) is 16.1. The van der Waals surface area contributed by atoms with Crippen molar-refractivity contribution in [3.05, 3.63) is 18.3 Å². The van der Waals surface area contributed by atoms with Crippen molar-refractivity contribution in [3.8, 4) is 5.75 Å². The van der Waals surface area contributed by atoms with Gasteiger partial charge in [-0.05, 0) is 37.8 Å². The molecule has 0 aromatic carbocycles. The number of nitrogens with zero attached hydrogens (tertiary/aromatic N) is 2. The summed E-state index contributed by atoms with van der Waals surface area (Å²) < 4.78 is 5.89. The van der Waals surface area contributed by atoms with Gasteiger partial charge in [0.15, 0.2) is 11.6 Å². The molecular weight excluding hydrogens is 262 g/mol. The monoisotopic (exact) mass is 291 g/mol. The molecule has 1 atom stereocenters. The molecular formula is C17H29N3O. The highest BCUT2D eigenvalue weighted by Crippen LogP contribution is 2.30. The van der Waals surface area contributed by atoms with Crippen LogP contribution < -0.4 is 15.0 Å². The minimum Gasteiger partial charge on any atom is -0.490 e. The zero-order valence-corrected chi connectivity index (χ0v) is 13.6. The normalized spacial score (nSPS) is 19.0. The third-order valence-corrected chi connectivity index (χ3v) is 3.87. The average Bonchev–Trinajstić information content (AvgIpc) is 2.51. The van der Waals surface area contributed by atoms with Crippen LogP contribution in [-0.2, 0) is 0 Å². The number of hydrogen-bond donors (Lipinski definition) is 1. The second kappa shape index (κ2) is 8.23. The molecule has 1 aromatic heterocycles. The van der Waals surface area contributed by atoms with E-state index in [-0.39, 0.29) is 0 Å². The smallest absolute Gasteiger partial charge is 0.171 e. The number of anilines is 1. The topological polar surface area (TPSA) is 37.4 Å². The Hall–Kier alpha value is -1.29. The zero-order valence-electron chi connectivity index (χ0n) is 13.6. The van der Waals surface area contributed by atoms with Gasteiger partial charge in [-0.3, -0.25) is 0 Å². The number of ether oxygens (including phenoxy) is 1. The fourth-order valence-electron chi connectivity index (χ4n) is 2.79. The van der Waals surface area contributed by atoms with Crippen LogP contribution in [0.4, 0.5) is 5.82 Å². The predicted octanol–water partition coefficient (Wildman–Crippen LogP) is 3.23. The quantitative estimate of drug-likeness (QED) is 0.837. The van der Waals surface area contributed by atoms with Gasteiger partial charge in [0.1, 0.15) is 0 Å². The maximum atomic E-state index is 5.89. The maximum Gasteiger partial charge on any atom is 0.171 e. The average molecular weight is 291 g/mol. The molecule has 21 heavy (non-hydrogen) atoms. The molecule has 1 N–H and O–H groups in total. The lowest BCUT2D eigenvalue weighted by molar-refractivity contribution is 0.313. The van der Waals surface area contributed by atoms with E-state index in [0.29, 0.717) is 12.1 Å². The predicted molar refractivity (Wildman–Crippen MR) is 88.1 cm³/mol. The molecule has 1 aliphatic heterocycles. The molecule has 2 rings (SSSR count). The van der Waals surface area contributed by atoms with Crippen molar-refractivity contribution in [2.75, 3.05) is 24.6 Å². The Balaban J connectivity index is 2.12. The van der Waals surface area contributed by atoms with E-state index >= 15 is 0 Å². The molecule has 0 saturated carbocycles. The van der Waals surface area contributed by atoms with Gasteiger partial charge < -0.3 is 15.0 Å². The van der Waals surface area contributed by atoms with Crippen molar-refractivity contribution in [2.24, 2.45) is 0 Å². The summed E-state index contributed by atoms with van der Waals surface area (Å²) in [4.78, 5) is 7.04. The molecule has 0 radical (unpaired) electrons. The molecule has 4 heteroatoms. The Morgan fingerprint density at radius 2 is 2.29 bits per heavy atom. The van der Waals surface area contributed by atoms with Gasteiger partial charge in [0.25, 0.3) is 0 Å². The van der Waals surface area contributed by atoms with Crippen LogP contribution in [0, 0.1) is 0 Å². The molecule has 0 amide bonds. The third-order valence-electron chi connectivity index (χ3n) is 3.87. The lowest BCUT2D eigenvalue weighted by atomic mass is 10.0. The van der Waals surface area contributed by atoms with Gasteiger partial charge in [-0.15, -0.1) is 0 Å². The first-order chi connectivity index (χ1) is 10.2. The molecule has 0 aliphatic carbocycles. The Morgan fingerprint density at radius 1 is 1.43 bits per heavy atom. The van der Waals surface area contributed by atoms with Gasteiger partial charge >= 0.3 is 0 Å². The van der Waals surface area contributed by atoms with Crippen molar-refractivity contribution >= 4 is 5.82 Å². The first-order valence-electron chi connectivity index (χ1n) is 8.30. The number of piperidine rings is 1. The number of pyridine rings is 1. The number of hydrogen-bond acceptors (Lipinski definition) is 4. The minimum atomic E-state index is 0.514. The van der Waals surface area contributed by atoms with Crippen LogP contribution in [0.3, 0.4) is 0 Å². The van der Waals surface area contributed by atoms with Crippen LogP contribution in [0.5, 0.6) is 5.75 Å². The lowest BCUT2D eigenvalue weighted by Crippen LogP contribution is -2.47. The highest BCUT2D eigenvalue weighted by atomic mass is 16.5. The minimum absolute atomic E-state index is 0.514. The molecule has 4 nitrogen and oxygen atoms in total. The summed E-state index contributed by atoms with van der Waals surface area (Å²) in [7, 11) is 0. The van der Waals surface area contributed by atoms with E-state index in [4.69, 9.17) is 4.74 Å². The van der Waals surface area contributed by atoms with E-state index in [1.807, 2.05) is 18.3 Å². The highest BCUT2D eigenvalue weighted by Gasteiger charge is 2.25. The van der Waals surface area contributed by atoms with Crippen molar-refractivity contribution in [3.63, 3.8) is 0 Å². The molecule has 118 valence electrons. The lowest BCUT2D eigenvalue weighted by Gasteiger charge is -2.37. The van der Waals surface area contributed by atoms with Crippen molar-refractivity contribution in [2.45, 2.75) is 58.5 Å². The summed E-state index contributed by atoms with van der Waals surface area (Å²) in [6.45, 7) is 9.37. The highest BCUT2D eigenvalue weighted by molar-refractivity contribution is 5.53. The van der Waals surface area contributed by atoms with Gasteiger partial charge in [-0.1, -0.05) is 20.8 Å². The Labute approximate surface area is 128 Å². The van der Waals surface area contributed by atoms with E-state index < -0.39 is 0 Å². The largest absolute Gasteiger partial charge is 0.490 e. The van der Waals surface area contributed by atoms with E-state index in [1.165, 1.54) is 19.3 Å². The summed E-state index contributed by atoms with van der Waals surface area (Å²) in [5, 5.41) is 3.57. The third kappa shape index (κ3) is 4.60. The molecule has 1 aromatic rings. The number of aromatic nitrogens is 1. The Bertz CT molecular complexity index is 422. The zero-order chi connectivity index (χ0) is 15.1. The van der Waals surface area contributed by atoms with E-state index in [2.05, 4.69) is 36.0 Å². The molecule has 1 fully saturated rings. The van der Waals surface area contributed by atoms with Crippen LogP contribution in [0.1, 0.15) is 46.5 Å². The summed E-state index contributed by atoms with van der Waals surface area (Å²) in [5.41, 5.74) is 0. The van der Waals surface area contributed by atoms with Crippen molar-refractivity contribution < 1.29 is 4.74 Å². The van der Waals surface area contributed by atoms with E-state index in [0.717, 1.165) is 37.7 Å². The Morgan fingerprint density at radius 3 is 3.05 bits per heavy atom. The van der Waals surface area contributed by atoms with Gasteiger partial charge in [-0.25, -0.2) is 4.98 Å². The fourth-order valence-corrected chi connectivity index (χ4v) is 2.79. The fraction of sp³-hybridized carbons (Fsp3) is 0.706. The van der Waals surface area contributed by atoms with Crippen LogP contribution in [0.25, 0.3) is 0 Å². The van der Waals surface area contributed by atoms with Gasteiger partial charge in [-0.2, -0.15) is 0 Å². The maximum absolute atomic E-state index is 5.89. The standard InChI is InChI=1S/C17H29N3O/c1-4-12-21-16-9-7-10-18-17(16)20-11-6-5-8-15(20)13-19-14(2)3/h7,9-10,14-15,19H,4-6,8,11-13H2,1-3H3. The second-order valence-corrected chi connectivity index (χ2v) is 6.08. The van der Waals surface area contributed by atoms with Gasteiger partial charge in [0, 0.05) is 31.4 Å². The van der Waals surface area contributed by atoms with Crippen LogP contribution in [0.2, 0.25) is 0 Å².